The minimum atomic E-state index is -3.11. The molecule has 0 aliphatic carbocycles. The fourth-order valence-corrected chi connectivity index (χ4v) is 3.09. The molecular weight excluding hydrogens is 320 g/mol. The van der Waals surface area contributed by atoms with Crippen molar-refractivity contribution in [3.05, 3.63) is 18.2 Å². The second kappa shape index (κ2) is 7.12. The van der Waals surface area contributed by atoms with Crippen molar-refractivity contribution in [1.29, 1.82) is 0 Å². The third-order valence-electron chi connectivity index (χ3n) is 3.87. The van der Waals surface area contributed by atoms with Gasteiger partial charge in [0.1, 0.15) is 9.84 Å². The molecule has 2 rings (SSSR count). The first kappa shape index (κ1) is 17.5. The molecule has 1 aromatic heterocycles. The Labute approximate surface area is 135 Å². The molecule has 1 aromatic rings. The zero-order valence-electron chi connectivity index (χ0n) is 13.4. The average Bonchev–Trinajstić information content (AvgIpc) is 2.91. The number of carbonyl (C=O) groups excluding carboxylic acids is 2. The molecule has 1 saturated heterocycles. The Bertz CT molecular complexity index is 683. The second-order valence-electron chi connectivity index (χ2n) is 5.87. The minimum Gasteiger partial charge on any atom is -0.337 e. The van der Waals surface area contributed by atoms with Gasteiger partial charge in [-0.25, -0.2) is 18.2 Å². The molecule has 8 nitrogen and oxygen atoms in total. The number of nitrogens with zero attached hydrogens (tertiary/aromatic N) is 3. The van der Waals surface area contributed by atoms with Crippen LogP contribution >= 0.6 is 0 Å². The third kappa shape index (κ3) is 4.78. The Morgan fingerprint density at radius 3 is 2.78 bits per heavy atom. The highest BCUT2D eigenvalue weighted by molar-refractivity contribution is 7.90. The first-order valence-electron chi connectivity index (χ1n) is 7.50. The summed E-state index contributed by atoms with van der Waals surface area (Å²) in [7, 11) is -1.34. The molecule has 1 fully saturated rings. The number of urea groups is 1. The van der Waals surface area contributed by atoms with Gasteiger partial charge < -0.3 is 14.8 Å². The Morgan fingerprint density at radius 1 is 1.43 bits per heavy atom. The predicted octanol–water partition coefficient (Wildman–Crippen LogP) is 0.0690. The van der Waals surface area contributed by atoms with Gasteiger partial charge in [-0.2, -0.15) is 0 Å². The molecule has 9 heteroatoms. The van der Waals surface area contributed by atoms with Crippen LogP contribution in [0, 0.1) is 5.92 Å². The van der Waals surface area contributed by atoms with Gasteiger partial charge in [-0.15, -0.1) is 0 Å². The van der Waals surface area contributed by atoms with Crippen LogP contribution in [0.2, 0.25) is 0 Å². The van der Waals surface area contributed by atoms with Crippen LogP contribution in [0.25, 0.3) is 0 Å². The molecule has 0 saturated carbocycles. The quantitative estimate of drug-likeness (QED) is 0.763. The summed E-state index contributed by atoms with van der Waals surface area (Å²) >= 11 is 0. The molecule has 2 amide bonds. The highest BCUT2D eigenvalue weighted by Crippen LogP contribution is 2.20. The van der Waals surface area contributed by atoms with Gasteiger partial charge in [-0.1, -0.05) is 0 Å². The van der Waals surface area contributed by atoms with Crippen molar-refractivity contribution in [3.8, 4) is 0 Å². The lowest BCUT2D eigenvalue weighted by atomic mass is 9.93. The van der Waals surface area contributed by atoms with Crippen molar-refractivity contribution in [2.24, 2.45) is 13.0 Å². The van der Waals surface area contributed by atoms with E-state index in [1.54, 1.807) is 28.9 Å². The summed E-state index contributed by atoms with van der Waals surface area (Å²) in [6, 6.07) is -0.328. The van der Waals surface area contributed by atoms with Crippen molar-refractivity contribution < 1.29 is 18.0 Å². The van der Waals surface area contributed by atoms with E-state index in [1.807, 2.05) is 0 Å². The van der Waals surface area contributed by atoms with Crippen LogP contribution in [0.4, 0.5) is 4.79 Å². The summed E-state index contributed by atoms with van der Waals surface area (Å²) in [5.41, 5.74) is 0. The van der Waals surface area contributed by atoms with E-state index in [2.05, 4.69) is 10.3 Å². The second-order valence-corrected chi connectivity index (χ2v) is 8.13. The SMILES string of the molecule is Cn1ccnc1C(=O)C1CCCN(C(=O)NCCS(C)(=O)=O)C1. The Hall–Kier alpha value is -1.90. The maximum atomic E-state index is 12.5. The summed E-state index contributed by atoms with van der Waals surface area (Å²) in [6.07, 6.45) is 5.87. The zero-order chi connectivity index (χ0) is 17.0. The smallest absolute Gasteiger partial charge is 0.317 e. The molecule has 0 spiro atoms. The Balaban J connectivity index is 1.91. The molecule has 1 atom stereocenters. The van der Waals surface area contributed by atoms with E-state index in [9.17, 15) is 18.0 Å². The number of aromatic nitrogens is 2. The zero-order valence-corrected chi connectivity index (χ0v) is 14.2. The number of hydrogen-bond donors (Lipinski definition) is 1. The van der Waals surface area contributed by atoms with E-state index < -0.39 is 9.84 Å². The van der Waals surface area contributed by atoms with E-state index >= 15 is 0 Å². The molecular formula is C14H22N4O4S. The van der Waals surface area contributed by atoms with Crippen LogP contribution in [-0.2, 0) is 16.9 Å². The number of piperidine rings is 1. The number of nitrogens with one attached hydrogen (secondary N) is 1. The van der Waals surface area contributed by atoms with E-state index in [4.69, 9.17) is 0 Å². The lowest BCUT2D eigenvalue weighted by molar-refractivity contribution is 0.0832. The van der Waals surface area contributed by atoms with Crippen LogP contribution in [0.3, 0.4) is 0 Å². The monoisotopic (exact) mass is 342 g/mol. The number of aryl methyl sites for hydroxylation is 1. The number of amides is 2. The van der Waals surface area contributed by atoms with Crippen molar-refractivity contribution >= 4 is 21.7 Å². The highest BCUT2D eigenvalue weighted by atomic mass is 32.2. The molecule has 0 bridgehead atoms. The number of carbonyl (C=O) groups is 2. The molecule has 1 aliphatic heterocycles. The van der Waals surface area contributed by atoms with Crippen LogP contribution in [0.5, 0.6) is 0 Å². The van der Waals surface area contributed by atoms with E-state index in [0.717, 1.165) is 19.1 Å². The number of Topliss-reactive ketones (excluding diaryl/α,β-unsaturated/α-hetero) is 1. The maximum Gasteiger partial charge on any atom is 0.317 e. The fourth-order valence-electron chi connectivity index (χ4n) is 2.62. The molecule has 0 radical (unpaired) electrons. The minimum absolute atomic E-state index is 0.0638. The predicted molar refractivity (Wildman–Crippen MR) is 84.9 cm³/mol. The van der Waals surface area contributed by atoms with Gasteiger partial charge in [-0.3, -0.25) is 4.79 Å². The van der Waals surface area contributed by atoms with Crippen LogP contribution < -0.4 is 5.32 Å². The molecule has 0 aromatic carbocycles. The van der Waals surface area contributed by atoms with Crippen LogP contribution in [0.15, 0.2) is 12.4 Å². The van der Waals surface area contributed by atoms with Gasteiger partial charge in [-0.05, 0) is 12.8 Å². The number of ketones is 1. The number of rotatable bonds is 5. The van der Waals surface area contributed by atoms with E-state index in [1.165, 1.54) is 0 Å². The highest BCUT2D eigenvalue weighted by Gasteiger charge is 2.30. The largest absolute Gasteiger partial charge is 0.337 e. The van der Waals surface area contributed by atoms with E-state index in [-0.39, 0.29) is 30.0 Å². The van der Waals surface area contributed by atoms with Gasteiger partial charge in [0.25, 0.3) is 0 Å². The van der Waals surface area contributed by atoms with Gasteiger partial charge in [0, 0.05) is 51.2 Å². The molecule has 1 N–H and O–H groups in total. The molecule has 2 heterocycles. The third-order valence-corrected chi connectivity index (χ3v) is 4.82. The number of sulfone groups is 1. The lowest BCUT2D eigenvalue weighted by Crippen LogP contribution is -2.48. The fraction of sp³-hybridized carbons (Fsp3) is 0.643. The standard InChI is InChI=1S/C14H22N4O4S/c1-17-8-5-15-13(17)12(19)11-4-3-7-18(10-11)14(20)16-6-9-23(2,21)22/h5,8,11H,3-4,6-7,9-10H2,1-2H3,(H,16,20). The van der Waals surface area contributed by atoms with Crippen molar-refractivity contribution in [3.63, 3.8) is 0 Å². The number of likely N-dealkylation sites (tertiary alicyclic amines) is 1. The summed E-state index contributed by atoms with van der Waals surface area (Å²) in [5, 5.41) is 2.59. The molecule has 1 aliphatic rings. The summed E-state index contributed by atoms with van der Waals surface area (Å²) in [5.74, 6) is -0.0339. The van der Waals surface area contributed by atoms with Gasteiger partial charge >= 0.3 is 6.03 Å². The molecule has 128 valence electrons. The van der Waals surface area contributed by atoms with E-state index in [0.29, 0.717) is 18.9 Å². The topological polar surface area (TPSA) is 101 Å². The average molecular weight is 342 g/mol. The normalized spacial score (nSPS) is 18.7. The van der Waals surface area contributed by atoms with Crippen molar-refractivity contribution in [1.82, 2.24) is 19.8 Å². The van der Waals surface area contributed by atoms with Crippen molar-refractivity contribution in [2.75, 3.05) is 31.6 Å². The van der Waals surface area contributed by atoms with Crippen LogP contribution in [-0.4, -0.2) is 66.3 Å². The van der Waals surface area contributed by atoms with Gasteiger partial charge in [0.2, 0.25) is 5.78 Å². The van der Waals surface area contributed by atoms with Crippen LogP contribution in [0.1, 0.15) is 23.5 Å². The lowest BCUT2D eigenvalue weighted by Gasteiger charge is -2.31. The first-order valence-corrected chi connectivity index (χ1v) is 9.56. The molecule has 23 heavy (non-hydrogen) atoms. The van der Waals surface area contributed by atoms with Crippen molar-refractivity contribution in [2.45, 2.75) is 12.8 Å². The molecule has 1 unspecified atom stereocenters. The van der Waals surface area contributed by atoms with Gasteiger partial charge in [0.05, 0.1) is 5.75 Å². The summed E-state index contributed by atoms with van der Waals surface area (Å²) < 4.78 is 23.8. The maximum absolute atomic E-state index is 12.5. The number of hydrogen-bond acceptors (Lipinski definition) is 5. The Kier molecular flexibility index (Phi) is 5.40. The Morgan fingerprint density at radius 2 is 2.17 bits per heavy atom. The van der Waals surface area contributed by atoms with Gasteiger partial charge in [0.15, 0.2) is 5.82 Å². The first-order chi connectivity index (χ1) is 10.8. The summed E-state index contributed by atoms with van der Waals surface area (Å²) in [4.78, 5) is 30.2. The number of imidazole rings is 1. The summed E-state index contributed by atoms with van der Waals surface area (Å²) in [6.45, 7) is 0.970.